The second-order valence-corrected chi connectivity index (χ2v) is 4.97. The lowest BCUT2D eigenvalue weighted by atomic mass is 10.1. The number of nitrogens with zero attached hydrogens (tertiary/aromatic N) is 2. The molecule has 0 radical (unpaired) electrons. The number of hydrogen-bond donors (Lipinski definition) is 1. The van der Waals surface area contributed by atoms with Crippen LogP contribution in [-0.2, 0) is 11.3 Å². The average molecular weight is 309 g/mol. The summed E-state index contributed by atoms with van der Waals surface area (Å²) in [4.78, 5) is 13.1. The summed E-state index contributed by atoms with van der Waals surface area (Å²) in [7, 11) is 1.67. The van der Waals surface area contributed by atoms with Crippen LogP contribution in [0.15, 0.2) is 48.5 Å². The predicted octanol–water partition coefficient (Wildman–Crippen LogP) is 3.76. The number of carbonyl (C=O) groups is 1. The highest BCUT2D eigenvalue weighted by molar-refractivity contribution is 5.87. The van der Waals surface area contributed by atoms with Crippen LogP contribution in [0.25, 0.3) is 0 Å². The summed E-state index contributed by atoms with van der Waals surface area (Å²) in [6.45, 7) is 2.76. The number of benzene rings is 2. The minimum absolute atomic E-state index is 0.352. The van der Waals surface area contributed by atoms with Gasteiger partial charge in [0.25, 0.3) is 0 Å². The standard InChI is InChI=1S/C18H19N3O2/c1-3-23-18(22)21(2)17-9-7-16(8-10-17)20-13-15-6-4-5-14(11-15)12-19/h4-11,20H,3,13H2,1-2H3. The van der Waals surface area contributed by atoms with Gasteiger partial charge in [-0.15, -0.1) is 0 Å². The van der Waals surface area contributed by atoms with Crippen molar-refractivity contribution in [1.82, 2.24) is 0 Å². The Hall–Kier alpha value is -3.00. The van der Waals surface area contributed by atoms with Crippen molar-refractivity contribution in [2.75, 3.05) is 23.9 Å². The van der Waals surface area contributed by atoms with Gasteiger partial charge in [-0.05, 0) is 48.9 Å². The van der Waals surface area contributed by atoms with E-state index in [0.29, 0.717) is 18.7 Å². The number of nitrogens with one attached hydrogen (secondary N) is 1. The Bertz CT molecular complexity index is 705. The molecule has 2 aromatic rings. The molecule has 23 heavy (non-hydrogen) atoms. The second-order valence-electron chi connectivity index (χ2n) is 4.97. The SMILES string of the molecule is CCOC(=O)N(C)c1ccc(NCc2cccc(C#N)c2)cc1. The van der Waals surface area contributed by atoms with Crippen molar-refractivity contribution in [1.29, 1.82) is 5.26 Å². The highest BCUT2D eigenvalue weighted by Gasteiger charge is 2.10. The lowest BCUT2D eigenvalue weighted by Crippen LogP contribution is -2.26. The topological polar surface area (TPSA) is 65.4 Å². The Morgan fingerprint density at radius 2 is 2.00 bits per heavy atom. The van der Waals surface area contributed by atoms with E-state index < -0.39 is 0 Å². The Kier molecular flexibility index (Phi) is 5.59. The van der Waals surface area contributed by atoms with Crippen molar-refractivity contribution in [3.63, 3.8) is 0 Å². The fourth-order valence-electron chi connectivity index (χ4n) is 2.08. The smallest absolute Gasteiger partial charge is 0.413 e. The van der Waals surface area contributed by atoms with Crippen molar-refractivity contribution < 1.29 is 9.53 Å². The van der Waals surface area contributed by atoms with E-state index in [1.807, 2.05) is 42.5 Å². The molecule has 5 nitrogen and oxygen atoms in total. The van der Waals surface area contributed by atoms with E-state index >= 15 is 0 Å². The monoisotopic (exact) mass is 309 g/mol. The summed E-state index contributed by atoms with van der Waals surface area (Å²) in [5.74, 6) is 0. The summed E-state index contributed by atoms with van der Waals surface area (Å²) in [5.41, 5.74) is 3.39. The molecule has 0 aliphatic carbocycles. The summed E-state index contributed by atoms with van der Waals surface area (Å²) >= 11 is 0. The Balaban J connectivity index is 1.97. The van der Waals surface area contributed by atoms with Gasteiger partial charge in [-0.1, -0.05) is 12.1 Å². The van der Waals surface area contributed by atoms with Gasteiger partial charge in [0.05, 0.1) is 18.2 Å². The van der Waals surface area contributed by atoms with Crippen molar-refractivity contribution >= 4 is 17.5 Å². The van der Waals surface area contributed by atoms with E-state index in [-0.39, 0.29) is 6.09 Å². The van der Waals surface area contributed by atoms with Crippen LogP contribution in [0.5, 0.6) is 0 Å². The van der Waals surface area contributed by atoms with E-state index in [4.69, 9.17) is 10.00 Å². The van der Waals surface area contributed by atoms with E-state index in [1.165, 1.54) is 4.90 Å². The van der Waals surface area contributed by atoms with Crippen LogP contribution in [0.3, 0.4) is 0 Å². The molecule has 0 fully saturated rings. The zero-order valence-corrected chi connectivity index (χ0v) is 13.2. The zero-order valence-electron chi connectivity index (χ0n) is 13.2. The molecule has 0 aliphatic heterocycles. The molecule has 0 saturated heterocycles. The molecule has 0 saturated carbocycles. The second kappa shape index (κ2) is 7.85. The van der Waals surface area contributed by atoms with Crippen LogP contribution in [0.4, 0.5) is 16.2 Å². The molecular formula is C18H19N3O2. The molecule has 0 unspecified atom stereocenters. The fourth-order valence-corrected chi connectivity index (χ4v) is 2.08. The largest absolute Gasteiger partial charge is 0.449 e. The van der Waals surface area contributed by atoms with Gasteiger partial charge in [0.2, 0.25) is 0 Å². The van der Waals surface area contributed by atoms with Gasteiger partial charge in [-0.25, -0.2) is 4.79 Å². The maximum absolute atomic E-state index is 11.7. The molecule has 2 rings (SSSR count). The molecule has 0 aliphatic rings. The van der Waals surface area contributed by atoms with Gasteiger partial charge in [0.15, 0.2) is 0 Å². The highest BCUT2D eigenvalue weighted by Crippen LogP contribution is 2.18. The molecule has 0 heterocycles. The van der Waals surface area contributed by atoms with Crippen LogP contribution >= 0.6 is 0 Å². The third-order valence-electron chi connectivity index (χ3n) is 3.35. The maximum atomic E-state index is 11.7. The van der Waals surface area contributed by atoms with Gasteiger partial charge in [-0.2, -0.15) is 5.26 Å². The van der Waals surface area contributed by atoms with Crippen molar-refractivity contribution in [3.8, 4) is 6.07 Å². The Labute approximate surface area is 136 Å². The van der Waals surface area contributed by atoms with E-state index in [0.717, 1.165) is 16.9 Å². The minimum Gasteiger partial charge on any atom is -0.449 e. The van der Waals surface area contributed by atoms with Crippen LogP contribution in [0.1, 0.15) is 18.1 Å². The van der Waals surface area contributed by atoms with Crippen LogP contribution < -0.4 is 10.2 Å². The molecule has 5 heteroatoms. The van der Waals surface area contributed by atoms with Crippen molar-refractivity contribution in [2.24, 2.45) is 0 Å². The molecule has 1 N–H and O–H groups in total. The summed E-state index contributed by atoms with van der Waals surface area (Å²) in [6.07, 6.45) is -0.374. The molecule has 0 atom stereocenters. The van der Waals surface area contributed by atoms with Crippen LogP contribution in [0.2, 0.25) is 0 Å². The molecule has 0 spiro atoms. The van der Waals surface area contributed by atoms with Crippen LogP contribution in [0, 0.1) is 11.3 Å². The molecular weight excluding hydrogens is 290 g/mol. The number of amides is 1. The quantitative estimate of drug-likeness (QED) is 0.913. The Morgan fingerprint density at radius 1 is 1.26 bits per heavy atom. The molecule has 0 bridgehead atoms. The van der Waals surface area contributed by atoms with E-state index in [9.17, 15) is 4.79 Å². The first-order chi connectivity index (χ1) is 11.1. The van der Waals surface area contributed by atoms with E-state index in [1.54, 1.807) is 20.0 Å². The summed E-state index contributed by atoms with van der Waals surface area (Å²) in [6, 6.07) is 17.1. The van der Waals surface area contributed by atoms with Crippen molar-refractivity contribution in [2.45, 2.75) is 13.5 Å². The number of hydrogen-bond acceptors (Lipinski definition) is 4. The molecule has 118 valence electrons. The van der Waals surface area contributed by atoms with Crippen molar-refractivity contribution in [3.05, 3.63) is 59.7 Å². The number of rotatable bonds is 5. The predicted molar refractivity (Wildman–Crippen MR) is 90.4 cm³/mol. The first-order valence-electron chi connectivity index (χ1n) is 7.37. The summed E-state index contributed by atoms with van der Waals surface area (Å²) in [5, 5.41) is 12.2. The number of carbonyl (C=O) groups excluding carboxylic acids is 1. The number of ether oxygens (including phenoxy) is 1. The first-order valence-corrected chi connectivity index (χ1v) is 7.37. The summed E-state index contributed by atoms with van der Waals surface area (Å²) < 4.78 is 4.96. The van der Waals surface area contributed by atoms with Gasteiger partial charge in [-0.3, -0.25) is 4.90 Å². The van der Waals surface area contributed by atoms with Gasteiger partial charge in [0.1, 0.15) is 0 Å². The third kappa shape index (κ3) is 4.48. The van der Waals surface area contributed by atoms with Gasteiger partial charge < -0.3 is 10.1 Å². The lowest BCUT2D eigenvalue weighted by molar-refractivity contribution is 0.161. The van der Waals surface area contributed by atoms with Gasteiger partial charge >= 0.3 is 6.09 Å². The number of anilines is 2. The third-order valence-corrected chi connectivity index (χ3v) is 3.35. The molecule has 2 aromatic carbocycles. The number of nitriles is 1. The van der Waals surface area contributed by atoms with Crippen LogP contribution in [-0.4, -0.2) is 19.7 Å². The molecule has 1 amide bonds. The zero-order chi connectivity index (χ0) is 16.7. The first kappa shape index (κ1) is 16.4. The normalized spacial score (nSPS) is 9.78. The Morgan fingerprint density at radius 3 is 2.65 bits per heavy atom. The maximum Gasteiger partial charge on any atom is 0.413 e. The lowest BCUT2D eigenvalue weighted by Gasteiger charge is -2.17. The highest BCUT2D eigenvalue weighted by atomic mass is 16.6. The average Bonchev–Trinajstić information content (AvgIpc) is 2.60. The van der Waals surface area contributed by atoms with E-state index in [2.05, 4.69) is 11.4 Å². The molecule has 0 aromatic heterocycles. The minimum atomic E-state index is -0.374. The fraction of sp³-hybridized carbons (Fsp3) is 0.222. The van der Waals surface area contributed by atoms with Gasteiger partial charge in [0, 0.05) is 25.0 Å².